The third-order valence-corrected chi connectivity index (χ3v) is 6.58. The van der Waals surface area contributed by atoms with Gasteiger partial charge in [-0.25, -0.2) is 4.99 Å². The van der Waals surface area contributed by atoms with E-state index in [0.29, 0.717) is 18.6 Å². The molecule has 1 atom stereocenters. The Balaban J connectivity index is 0.00000306. The minimum atomic E-state index is 0. The minimum Gasteiger partial charge on any atom is -0.364 e. The van der Waals surface area contributed by atoms with Gasteiger partial charge in [0.25, 0.3) is 0 Å². The zero-order valence-electron chi connectivity index (χ0n) is 19.9. The van der Waals surface area contributed by atoms with Crippen molar-refractivity contribution in [2.75, 3.05) is 37.6 Å². The SMILES string of the molecule is CCNC(=NCc1ccc(N2CC=CC2)cc1)NC1CCN(C(C)c2ccccc2)CC1.I. The molecule has 2 N–H and O–H groups in total. The molecule has 0 spiro atoms. The normalized spacial score (nSPS) is 18.1. The zero-order chi connectivity index (χ0) is 22.2. The van der Waals surface area contributed by atoms with Gasteiger partial charge in [0.15, 0.2) is 5.96 Å². The average molecular weight is 560 g/mol. The maximum absolute atomic E-state index is 4.86. The molecule has 0 amide bonds. The van der Waals surface area contributed by atoms with Gasteiger partial charge < -0.3 is 15.5 Å². The van der Waals surface area contributed by atoms with Gasteiger partial charge in [0.1, 0.15) is 0 Å². The fourth-order valence-electron chi connectivity index (χ4n) is 4.56. The monoisotopic (exact) mass is 559 g/mol. The molecule has 2 aliphatic rings. The predicted molar refractivity (Wildman–Crippen MR) is 151 cm³/mol. The van der Waals surface area contributed by atoms with E-state index in [1.54, 1.807) is 0 Å². The van der Waals surface area contributed by atoms with E-state index in [9.17, 15) is 0 Å². The Hall–Kier alpha value is -2.06. The lowest BCUT2D eigenvalue weighted by Gasteiger charge is -2.37. The number of guanidine groups is 1. The van der Waals surface area contributed by atoms with Crippen LogP contribution in [0.25, 0.3) is 0 Å². The van der Waals surface area contributed by atoms with E-state index in [2.05, 4.69) is 101 Å². The smallest absolute Gasteiger partial charge is 0.191 e. The molecule has 5 nitrogen and oxygen atoms in total. The standard InChI is InChI=1S/C27H37N5.HI/c1-3-28-27(29-21-23-11-13-26(14-12-23)32-17-7-8-18-32)30-25-15-19-31(20-16-25)22(2)24-9-5-4-6-10-24;/h4-14,22,25H,3,15-21H2,1-2H3,(H2,28,29,30);1H. The Morgan fingerprint density at radius 1 is 1.00 bits per heavy atom. The Labute approximate surface area is 216 Å². The van der Waals surface area contributed by atoms with E-state index in [1.807, 2.05) is 0 Å². The van der Waals surface area contributed by atoms with Crippen LogP contribution in [0.2, 0.25) is 0 Å². The summed E-state index contributed by atoms with van der Waals surface area (Å²) in [5, 5.41) is 7.10. The Morgan fingerprint density at radius 2 is 1.67 bits per heavy atom. The summed E-state index contributed by atoms with van der Waals surface area (Å²) < 4.78 is 0. The molecule has 0 bridgehead atoms. The van der Waals surface area contributed by atoms with E-state index in [4.69, 9.17) is 4.99 Å². The fourth-order valence-corrected chi connectivity index (χ4v) is 4.56. The summed E-state index contributed by atoms with van der Waals surface area (Å²) in [5.41, 5.74) is 3.93. The number of benzene rings is 2. The summed E-state index contributed by atoms with van der Waals surface area (Å²) in [5.74, 6) is 0.926. The van der Waals surface area contributed by atoms with E-state index >= 15 is 0 Å². The first-order valence-electron chi connectivity index (χ1n) is 12.1. The summed E-state index contributed by atoms with van der Waals surface area (Å²) in [4.78, 5) is 9.82. The van der Waals surface area contributed by atoms with Crippen molar-refractivity contribution in [1.29, 1.82) is 0 Å². The van der Waals surface area contributed by atoms with Gasteiger partial charge in [0.2, 0.25) is 0 Å². The molecule has 6 heteroatoms. The maximum atomic E-state index is 4.86. The lowest BCUT2D eigenvalue weighted by atomic mass is 10.0. The number of rotatable bonds is 7. The van der Waals surface area contributed by atoms with Crippen LogP contribution in [-0.4, -0.2) is 49.6 Å². The van der Waals surface area contributed by atoms with Crippen LogP contribution in [0.15, 0.2) is 71.7 Å². The van der Waals surface area contributed by atoms with E-state index in [0.717, 1.165) is 51.5 Å². The van der Waals surface area contributed by atoms with Crippen LogP contribution >= 0.6 is 24.0 Å². The molecule has 2 aromatic carbocycles. The largest absolute Gasteiger partial charge is 0.364 e. The summed E-state index contributed by atoms with van der Waals surface area (Å²) in [6.07, 6.45) is 6.72. The van der Waals surface area contributed by atoms with E-state index < -0.39 is 0 Å². The lowest BCUT2D eigenvalue weighted by Crippen LogP contribution is -2.49. The predicted octanol–water partition coefficient (Wildman–Crippen LogP) is 4.96. The molecule has 0 saturated carbocycles. The molecule has 1 unspecified atom stereocenters. The number of nitrogens with zero attached hydrogens (tertiary/aromatic N) is 3. The summed E-state index contributed by atoms with van der Waals surface area (Å²) in [7, 11) is 0. The van der Waals surface area contributed by atoms with Crippen molar-refractivity contribution in [3.8, 4) is 0 Å². The summed E-state index contributed by atoms with van der Waals surface area (Å²) in [6.45, 7) is 10.2. The number of aliphatic imine (C=N–C) groups is 1. The number of likely N-dealkylation sites (tertiary alicyclic amines) is 1. The topological polar surface area (TPSA) is 42.9 Å². The fraction of sp³-hybridized carbons (Fsp3) is 0.444. The first-order valence-corrected chi connectivity index (χ1v) is 12.1. The Morgan fingerprint density at radius 3 is 2.30 bits per heavy atom. The van der Waals surface area contributed by atoms with Crippen LogP contribution in [0.4, 0.5) is 5.69 Å². The molecule has 2 aliphatic heterocycles. The first kappa shape index (κ1) is 25.6. The van der Waals surface area contributed by atoms with Gasteiger partial charge in [-0.3, -0.25) is 4.90 Å². The van der Waals surface area contributed by atoms with Crippen molar-refractivity contribution in [3.05, 3.63) is 77.9 Å². The number of piperidine rings is 1. The molecule has 0 radical (unpaired) electrons. The molecule has 2 aromatic rings. The zero-order valence-corrected chi connectivity index (χ0v) is 22.2. The number of anilines is 1. The van der Waals surface area contributed by atoms with E-state index in [1.165, 1.54) is 16.8 Å². The van der Waals surface area contributed by atoms with Crippen molar-refractivity contribution in [3.63, 3.8) is 0 Å². The lowest BCUT2D eigenvalue weighted by molar-refractivity contribution is 0.158. The van der Waals surface area contributed by atoms with Crippen LogP contribution in [0.3, 0.4) is 0 Å². The van der Waals surface area contributed by atoms with Crippen molar-refractivity contribution < 1.29 is 0 Å². The van der Waals surface area contributed by atoms with Gasteiger partial charge in [0, 0.05) is 50.5 Å². The molecule has 1 saturated heterocycles. The molecule has 2 heterocycles. The van der Waals surface area contributed by atoms with Gasteiger partial charge in [-0.15, -0.1) is 24.0 Å². The summed E-state index contributed by atoms with van der Waals surface area (Å²) >= 11 is 0. The third kappa shape index (κ3) is 7.21. The highest BCUT2D eigenvalue weighted by molar-refractivity contribution is 14.0. The Kier molecular flexibility index (Phi) is 10.1. The first-order chi connectivity index (χ1) is 15.7. The summed E-state index contributed by atoms with van der Waals surface area (Å²) in [6, 6.07) is 20.6. The minimum absolute atomic E-state index is 0. The average Bonchev–Trinajstić information content (AvgIpc) is 3.39. The maximum Gasteiger partial charge on any atom is 0.191 e. The highest BCUT2D eigenvalue weighted by Gasteiger charge is 2.24. The van der Waals surface area contributed by atoms with Crippen LogP contribution in [-0.2, 0) is 6.54 Å². The van der Waals surface area contributed by atoms with Gasteiger partial charge >= 0.3 is 0 Å². The second-order valence-corrected chi connectivity index (χ2v) is 8.78. The van der Waals surface area contributed by atoms with Gasteiger partial charge in [-0.05, 0) is 49.9 Å². The number of halogens is 1. The Bertz CT molecular complexity index is 880. The van der Waals surface area contributed by atoms with Crippen molar-refractivity contribution in [1.82, 2.24) is 15.5 Å². The van der Waals surface area contributed by atoms with Crippen LogP contribution < -0.4 is 15.5 Å². The molecular formula is C27H38IN5. The molecule has 1 fully saturated rings. The van der Waals surface area contributed by atoms with Gasteiger partial charge in [0.05, 0.1) is 6.54 Å². The van der Waals surface area contributed by atoms with E-state index in [-0.39, 0.29) is 24.0 Å². The third-order valence-electron chi connectivity index (χ3n) is 6.58. The highest BCUT2D eigenvalue weighted by atomic mass is 127. The van der Waals surface area contributed by atoms with Crippen LogP contribution in [0.5, 0.6) is 0 Å². The number of hydrogen-bond donors (Lipinski definition) is 2. The highest BCUT2D eigenvalue weighted by Crippen LogP contribution is 2.24. The molecule has 178 valence electrons. The molecule has 0 aliphatic carbocycles. The number of nitrogens with one attached hydrogen (secondary N) is 2. The van der Waals surface area contributed by atoms with Crippen molar-refractivity contribution in [2.45, 2.75) is 45.3 Å². The molecule has 4 rings (SSSR count). The second-order valence-electron chi connectivity index (χ2n) is 8.78. The van der Waals surface area contributed by atoms with Gasteiger partial charge in [-0.2, -0.15) is 0 Å². The second kappa shape index (κ2) is 13.0. The molecule has 33 heavy (non-hydrogen) atoms. The van der Waals surface area contributed by atoms with Crippen LogP contribution in [0.1, 0.15) is 43.9 Å². The molecular weight excluding hydrogens is 521 g/mol. The number of hydrogen-bond acceptors (Lipinski definition) is 3. The molecule has 0 aromatic heterocycles. The van der Waals surface area contributed by atoms with Gasteiger partial charge in [-0.1, -0.05) is 54.6 Å². The van der Waals surface area contributed by atoms with Crippen LogP contribution in [0, 0.1) is 0 Å². The quantitative estimate of drug-likeness (QED) is 0.218. The van der Waals surface area contributed by atoms with Crippen molar-refractivity contribution in [2.24, 2.45) is 4.99 Å². The van der Waals surface area contributed by atoms with Crippen molar-refractivity contribution >= 4 is 35.6 Å².